The molecule has 3 aromatic heterocycles. The van der Waals surface area contributed by atoms with Crippen LogP contribution in [0.4, 0.5) is 0 Å². The maximum Gasteiger partial charge on any atom is 0.225 e. The Morgan fingerprint density at radius 3 is 3.12 bits per heavy atom. The highest BCUT2D eigenvalue weighted by Crippen LogP contribution is 2.26. The summed E-state index contributed by atoms with van der Waals surface area (Å²) in [4.78, 5) is 21.9. The molecule has 1 atom stereocenters. The Morgan fingerprint density at radius 1 is 1.42 bits per heavy atom. The molecule has 1 unspecified atom stereocenters. The third-order valence-electron chi connectivity index (χ3n) is 4.85. The fourth-order valence-electron chi connectivity index (χ4n) is 3.45. The molecule has 4 rings (SSSR count). The van der Waals surface area contributed by atoms with E-state index in [1.807, 2.05) is 31.4 Å². The van der Waals surface area contributed by atoms with E-state index in [9.17, 15) is 4.79 Å². The van der Waals surface area contributed by atoms with Gasteiger partial charge in [0.1, 0.15) is 11.2 Å². The number of nitrogens with zero attached hydrogens (tertiary/aromatic N) is 3. The highest BCUT2D eigenvalue weighted by Gasteiger charge is 2.21. The maximum atomic E-state index is 12.7. The van der Waals surface area contributed by atoms with Crippen LogP contribution in [0.2, 0.25) is 0 Å². The van der Waals surface area contributed by atoms with Crippen LogP contribution >= 0.6 is 11.3 Å². The van der Waals surface area contributed by atoms with Gasteiger partial charge in [-0.25, -0.2) is 9.97 Å². The summed E-state index contributed by atoms with van der Waals surface area (Å²) < 4.78 is 13.6. The van der Waals surface area contributed by atoms with Gasteiger partial charge >= 0.3 is 0 Å². The number of ether oxygens (including phenoxy) is 2. The average molecular weight is 371 g/mol. The van der Waals surface area contributed by atoms with E-state index in [1.54, 1.807) is 0 Å². The number of hydrogen-bond acceptors (Lipinski definition) is 6. The summed E-state index contributed by atoms with van der Waals surface area (Å²) in [7, 11) is 0. The minimum Gasteiger partial charge on any atom is -0.469 e. The normalized spacial score (nSPS) is 17.1. The summed E-state index contributed by atoms with van der Waals surface area (Å²) >= 11 is 1.52. The van der Waals surface area contributed by atoms with Crippen LogP contribution < -0.4 is 4.74 Å². The van der Waals surface area contributed by atoms with E-state index >= 15 is 0 Å². The number of carbonyl (C=O) groups excluding carboxylic acids is 1. The Kier molecular flexibility index (Phi) is 4.74. The number of aromatic nitrogens is 3. The number of rotatable bonds is 6. The van der Waals surface area contributed by atoms with Gasteiger partial charge in [-0.1, -0.05) is 0 Å². The second-order valence-electron chi connectivity index (χ2n) is 6.56. The van der Waals surface area contributed by atoms with Crippen molar-refractivity contribution < 1.29 is 14.3 Å². The summed E-state index contributed by atoms with van der Waals surface area (Å²) in [6.45, 7) is 5.61. The van der Waals surface area contributed by atoms with Gasteiger partial charge in [0.25, 0.3) is 0 Å². The molecular formula is C19H21N3O3S. The first-order chi connectivity index (χ1) is 12.6. The Labute approximate surface area is 155 Å². The van der Waals surface area contributed by atoms with Crippen molar-refractivity contribution >= 4 is 27.3 Å². The van der Waals surface area contributed by atoms with Crippen LogP contribution in [0.15, 0.2) is 23.8 Å². The van der Waals surface area contributed by atoms with Gasteiger partial charge in [-0.05, 0) is 44.2 Å². The van der Waals surface area contributed by atoms with Gasteiger partial charge in [0.05, 0.1) is 11.5 Å². The molecule has 3 aromatic rings. The first-order valence-corrected chi connectivity index (χ1v) is 9.64. The van der Waals surface area contributed by atoms with E-state index in [1.165, 1.54) is 17.7 Å². The summed E-state index contributed by atoms with van der Waals surface area (Å²) in [5.74, 6) is 0.413. The lowest BCUT2D eigenvalue weighted by Gasteiger charge is -2.14. The predicted molar refractivity (Wildman–Crippen MR) is 100 cm³/mol. The molecule has 0 aromatic carbocycles. The summed E-state index contributed by atoms with van der Waals surface area (Å²) in [5, 5.41) is 2.78. The lowest BCUT2D eigenvalue weighted by Crippen LogP contribution is -2.18. The number of aryl methyl sites for hydroxylation is 1. The largest absolute Gasteiger partial charge is 0.469 e. The van der Waals surface area contributed by atoms with E-state index < -0.39 is 0 Å². The van der Waals surface area contributed by atoms with Gasteiger partial charge in [0.15, 0.2) is 6.61 Å². The fraction of sp³-hybridized carbons (Fsp3) is 0.421. The topological polar surface area (TPSA) is 66.2 Å². The lowest BCUT2D eigenvalue weighted by molar-refractivity contribution is 0.0912. The smallest absolute Gasteiger partial charge is 0.225 e. The fourth-order valence-corrected chi connectivity index (χ4v) is 4.17. The highest BCUT2D eigenvalue weighted by molar-refractivity contribution is 7.16. The second kappa shape index (κ2) is 7.17. The highest BCUT2D eigenvalue weighted by atomic mass is 32.1. The van der Waals surface area contributed by atoms with Crippen molar-refractivity contribution in [2.24, 2.45) is 0 Å². The van der Waals surface area contributed by atoms with Crippen LogP contribution in [0.25, 0.3) is 10.2 Å². The third kappa shape index (κ3) is 3.24. The Balaban J connectivity index is 1.48. The van der Waals surface area contributed by atoms with Crippen LogP contribution in [0.3, 0.4) is 0 Å². The van der Waals surface area contributed by atoms with Crippen molar-refractivity contribution in [1.29, 1.82) is 0 Å². The van der Waals surface area contributed by atoms with Crippen molar-refractivity contribution in [3.63, 3.8) is 0 Å². The van der Waals surface area contributed by atoms with Crippen LogP contribution in [-0.2, 0) is 11.3 Å². The lowest BCUT2D eigenvalue weighted by atomic mass is 10.1. The van der Waals surface area contributed by atoms with Gasteiger partial charge in [-0.2, -0.15) is 0 Å². The van der Waals surface area contributed by atoms with E-state index in [0.29, 0.717) is 11.4 Å². The standard InChI is InChI=1S/C19H21N3O3S/c1-12-8-16(13(2)22(12)9-14-4-3-6-24-14)17(23)10-25-18-15-5-7-26-19(15)21-11-20-18/h5,7-8,11,14H,3-4,6,9-10H2,1-2H3. The molecule has 1 aliphatic rings. The van der Waals surface area contributed by atoms with Gasteiger partial charge in [0.2, 0.25) is 11.7 Å². The SMILES string of the molecule is Cc1cc(C(=O)COc2ncnc3sccc23)c(C)n1CC1CCCO1. The van der Waals surface area contributed by atoms with Crippen LogP contribution in [-0.4, -0.2) is 39.6 Å². The summed E-state index contributed by atoms with van der Waals surface area (Å²) in [6.07, 6.45) is 3.89. The molecule has 1 saturated heterocycles. The minimum atomic E-state index is -0.0429. The van der Waals surface area contributed by atoms with Crippen LogP contribution in [0, 0.1) is 13.8 Å². The van der Waals surface area contributed by atoms with Crippen molar-refractivity contribution in [1.82, 2.24) is 14.5 Å². The number of fused-ring (bicyclic) bond motifs is 1. The molecule has 7 heteroatoms. The monoisotopic (exact) mass is 371 g/mol. The van der Waals surface area contributed by atoms with Crippen LogP contribution in [0.1, 0.15) is 34.6 Å². The molecule has 0 amide bonds. The van der Waals surface area contributed by atoms with Crippen molar-refractivity contribution in [3.05, 3.63) is 40.8 Å². The molecule has 4 heterocycles. The number of Topliss-reactive ketones (excluding diaryl/α,β-unsaturated/α-hetero) is 1. The van der Waals surface area contributed by atoms with Gasteiger partial charge in [-0.15, -0.1) is 11.3 Å². The minimum absolute atomic E-state index is 0.0355. The predicted octanol–water partition coefficient (Wildman–Crippen LogP) is 3.55. The molecule has 136 valence electrons. The van der Waals surface area contributed by atoms with E-state index in [4.69, 9.17) is 9.47 Å². The van der Waals surface area contributed by atoms with E-state index in [0.717, 1.165) is 47.6 Å². The molecule has 0 radical (unpaired) electrons. The first-order valence-electron chi connectivity index (χ1n) is 8.76. The maximum absolute atomic E-state index is 12.7. The third-order valence-corrected chi connectivity index (χ3v) is 5.67. The summed E-state index contributed by atoms with van der Waals surface area (Å²) in [5.41, 5.74) is 2.75. The molecule has 6 nitrogen and oxygen atoms in total. The molecule has 0 N–H and O–H groups in total. The van der Waals surface area contributed by atoms with E-state index in [2.05, 4.69) is 14.5 Å². The van der Waals surface area contributed by atoms with Crippen molar-refractivity contribution in [2.45, 2.75) is 39.3 Å². The van der Waals surface area contributed by atoms with Gasteiger partial charge in [0, 0.05) is 30.1 Å². The number of ketones is 1. The van der Waals surface area contributed by atoms with Gasteiger partial charge < -0.3 is 14.0 Å². The van der Waals surface area contributed by atoms with Crippen LogP contribution in [0.5, 0.6) is 5.88 Å². The number of thiophene rings is 1. The zero-order valence-electron chi connectivity index (χ0n) is 14.9. The van der Waals surface area contributed by atoms with Crippen molar-refractivity contribution in [2.75, 3.05) is 13.2 Å². The molecule has 0 aliphatic carbocycles. The molecule has 0 bridgehead atoms. The zero-order chi connectivity index (χ0) is 18.1. The zero-order valence-corrected chi connectivity index (χ0v) is 15.7. The first kappa shape index (κ1) is 17.2. The Hall–Kier alpha value is -2.25. The number of carbonyl (C=O) groups is 1. The molecule has 1 fully saturated rings. The molecule has 0 spiro atoms. The van der Waals surface area contributed by atoms with Gasteiger partial charge in [-0.3, -0.25) is 4.79 Å². The van der Waals surface area contributed by atoms with E-state index in [-0.39, 0.29) is 18.5 Å². The quantitative estimate of drug-likeness (QED) is 0.620. The molecule has 26 heavy (non-hydrogen) atoms. The average Bonchev–Trinajstić information content (AvgIpc) is 3.37. The number of hydrogen-bond donors (Lipinski definition) is 0. The second-order valence-corrected chi connectivity index (χ2v) is 7.46. The molecular weight excluding hydrogens is 350 g/mol. The summed E-state index contributed by atoms with van der Waals surface area (Å²) in [6, 6.07) is 3.85. The molecule has 0 saturated carbocycles. The Bertz CT molecular complexity index is 941. The Morgan fingerprint density at radius 2 is 2.31 bits per heavy atom. The van der Waals surface area contributed by atoms with Crippen molar-refractivity contribution in [3.8, 4) is 5.88 Å². The molecule has 1 aliphatic heterocycles.